The van der Waals surface area contributed by atoms with E-state index in [4.69, 9.17) is 5.73 Å². The van der Waals surface area contributed by atoms with Crippen LogP contribution in [0.4, 0.5) is 5.69 Å². The minimum absolute atomic E-state index is 0.224. The molecule has 1 fully saturated rings. The smallest absolute Gasteiger partial charge is 0.0991 e. The van der Waals surface area contributed by atoms with Crippen molar-refractivity contribution in [1.82, 2.24) is 4.57 Å². The minimum atomic E-state index is -0.224. The highest BCUT2D eigenvalue weighted by Gasteiger charge is 2.26. The lowest BCUT2D eigenvalue weighted by atomic mass is 9.98. The van der Waals surface area contributed by atoms with Crippen molar-refractivity contribution >= 4 is 16.6 Å². The van der Waals surface area contributed by atoms with Crippen LogP contribution in [-0.2, 0) is 0 Å². The first kappa shape index (κ1) is 15.7. The van der Waals surface area contributed by atoms with Gasteiger partial charge in [0.15, 0.2) is 0 Å². The minimum Gasteiger partial charge on any atom is -0.398 e. The summed E-state index contributed by atoms with van der Waals surface area (Å²) in [6.45, 7) is 2.03. The number of nitrogens with zero attached hydrogens (tertiary/aromatic N) is 2. The third-order valence-electron chi connectivity index (χ3n) is 5.40. The van der Waals surface area contributed by atoms with Gasteiger partial charge in [0.05, 0.1) is 17.7 Å². The highest BCUT2D eigenvalue weighted by molar-refractivity contribution is 5.98. The highest BCUT2D eigenvalue weighted by atomic mass is 16.3. The first-order valence-corrected chi connectivity index (χ1v) is 8.66. The Labute approximate surface area is 147 Å². The first-order chi connectivity index (χ1) is 12.1. The number of aliphatic hydroxyl groups excluding tert-OH is 1. The van der Waals surface area contributed by atoms with Gasteiger partial charge in [-0.25, -0.2) is 0 Å². The molecule has 0 radical (unpaired) electrons. The molecule has 126 valence electrons. The Kier molecular flexibility index (Phi) is 3.74. The zero-order valence-electron chi connectivity index (χ0n) is 14.2. The number of nitrogen functional groups attached to an aromatic ring is 1. The van der Waals surface area contributed by atoms with Gasteiger partial charge in [0.2, 0.25) is 0 Å². The number of aliphatic hydroxyl groups is 1. The van der Waals surface area contributed by atoms with Crippen molar-refractivity contribution in [1.29, 1.82) is 5.26 Å². The van der Waals surface area contributed by atoms with E-state index in [1.165, 1.54) is 0 Å². The fraction of sp³-hybridized carbons (Fsp3) is 0.286. The first-order valence-electron chi connectivity index (χ1n) is 8.66. The van der Waals surface area contributed by atoms with Crippen molar-refractivity contribution in [2.24, 2.45) is 0 Å². The normalized spacial score (nSPS) is 20.0. The summed E-state index contributed by atoms with van der Waals surface area (Å²) >= 11 is 0. The van der Waals surface area contributed by atoms with Crippen molar-refractivity contribution in [3.63, 3.8) is 0 Å². The third kappa shape index (κ3) is 2.57. The van der Waals surface area contributed by atoms with E-state index in [-0.39, 0.29) is 6.10 Å². The van der Waals surface area contributed by atoms with E-state index >= 15 is 0 Å². The lowest BCUT2D eigenvalue weighted by Crippen LogP contribution is -2.05. The molecule has 4 rings (SSSR count). The molecule has 4 nitrogen and oxygen atoms in total. The van der Waals surface area contributed by atoms with E-state index < -0.39 is 0 Å². The molecular formula is C21H21N3O. The average molecular weight is 331 g/mol. The molecule has 1 aliphatic rings. The number of rotatable bonds is 2. The molecule has 1 saturated carbocycles. The maximum Gasteiger partial charge on any atom is 0.0991 e. The predicted molar refractivity (Wildman–Crippen MR) is 100 cm³/mol. The molecule has 2 atom stereocenters. The molecule has 25 heavy (non-hydrogen) atoms. The van der Waals surface area contributed by atoms with Crippen molar-refractivity contribution in [3.8, 4) is 17.2 Å². The quantitative estimate of drug-likeness (QED) is 0.693. The molecule has 4 heteroatoms. The lowest BCUT2D eigenvalue weighted by molar-refractivity contribution is 0.178. The molecular weight excluding hydrogens is 310 g/mol. The van der Waals surface area contributed by atoms with Crippen LogP contribution in [0, 0.1) is 18.3 Å². The zero-order valence-corrected chi connectivity index (χ0v) is 14.2. The maximum absolute atomic E-state index is 9.95. The van der Waals surface area contributed by atoms with Crippen LogP contribution in [0.1, 0.15) is 36.4 Å². The standard InChI is InChI=1S/C21H21N3O/c1-13-17(3-2-4-20(13)23)19-12-24(15-6-7-16(25)10-15)21-8-5-14(11-22)9-18(19)21/h2-5,8-9,12,15-16,25H,6-7,10,23H2,1H3. The SMILES string of the molecule is Cc1c(N)cccc1-c1cn(C2CCC(O)C2)c2ccc(C#N)cc12. The second-order valence-corrected chi connectivity index (χ2v) is 6.93. The average Bonchev–Trinajstić information content (AvgIpc) is 3.20. The van der Waals surface area contributed by atoms with E-state index in [0.717, 1.165) is 52.5 Å². The highest BCUT2D eigenvalue weighted by Crippen LogP contribution is 2.39. The third-order valence-corrected chi connectivity index (χ3v) is 5.40. The zero-order chi connectivity index (χ0) is 17.6. The molecule has 1 aliphatic carbocycles. The molecule has 1 aromatic heterocycles. The summed E-state index contributed by atoms with van der Waals surface area (Å²) in [7, 11) is 0. The number of nitriles is 1. The van der Waals surface area contributed by atoms with E-state index in [1.807, 2.05) is 37.3 Å². The van der Waals surface area contributed by atoms with Gasteiger partial charge >= 0.3 is 0 Å². The molecule has 0 bridgehead atoms. The predicted octanol–water partition coefficient (Wildman–Crippen LogP) is 4.16. The summed E-state index contributed by atoms with van der Waals surface area (Å²) in [5, 5.41) is 20.3. The van der Waals surface area contributed by atoms with Gasteiger partial charge in [-0.3, -0.25) is 0 Å². The van der Waals surface area contributed by atoms with E-state index in [2.05, 4.69) is 22.9 Å². The van der Waals surface area contributed by atoms with Crippen molar-refractivity contribution < 1.29 is 5.11 Å². The van der Waals surface area contributed by atoms with E-state index in [9.17, 15) is 10.4 Å². The molecule has 2 aromatic carbocycles. The largest absolute Gasteiger partial charge is 0.398 e. The van der Waals surface area contributed by atoms with Gasteiger partial charge in [0.1, 0.15) is 0 Å². The van der Waals surface area contributed by atoms with Gasteiger partial charge in [-0.2, -0.15) is 5.26 Å². The summed E-state index contributed by atoms with van der Waals surface area (Å²) in [6, 6.07) is 14.3. The van der Waals surface area contributed by atoms with Gasteiger partial charge in [0, 0.05) is 34.4 Å². The molecule has 0 saturated heterocycles. The summed E-state index contributed by atoms with van der Waals surface area (Å²) in [6.07, 6.45) is 4.53. The van der Waals surface area contributed by atoms with Crippen LogP contribution in [0.2, 0.25) is 0 Å². The topological polar surface area (TPSA) is 75.0 Å². The molecule has 1 heterocycles. The van der Waals surface area contributed by atoms with Crippen LogP contribution in [0.3, 0.4) is 0 Å². The number of fused-ring (bicyclic) bond motifs is 1. The van der Waals surface area contributed by atoms with Gasteiger partial charge in [-0.1, -0.05) is 12.1 Å². The molecule has 3 N–H and O–H groups in total. The second-order valence-electron chi connectivity index (χ2n) is 6.93. The second kappa shape index (κ2) is 5.94. The number of aromatic nitrogens is 1. The van der Waals surface area contributed by atoms with E-state index in [0.29, 0.717) is 11.6 Å². The molecule has 0 aliphatic heterocycles. The van der Waals surface area contributed by atoms with Gasteiger partial charge in [0.25, 0.3) is 0 Å². The molecule has 3 aromatic rings. The van der Waals surface area contributed by atoms with Gasteiger partial charge in [-0.15, -0.1) is 0 Å². The van der Waals surface area contributed by atoms with Crippen LogP contribution in [0.5, 0.6) is 0 Å². The molecule has 0 amide bonds. The van der Waals surface area contributed by atoms with Crippen LogP contribution in [0.15, 0.2) is 42.6 Å². The maximum atomic E-state index is 9.95. The van der Waals surface area contributed by atoms with Gasteiger partial charge in [-0.05, 0) is 61.6 Å². The number of hydrogen-bond acceptors (Lipinski definition) is 3. The molecule has 0 spiro atoms. The monoisotopic (exact) mass is 331 g/mol. The van der Waals surface area contributed by atoms with E-state index in [1.54, 1.807) is 0 Å². The van der Waals surface area contributed by atoms with Crippen LogP contribution >= 0.6 is 0 Å². The number of nitrogens with two attached hydrogens (primary N) is 1. The number of anilines is 1. The Morgan fingerprint density at radius 3 is 2.76 bits per heavy atom. The van der Waals surface area contributed by atoms with Crippen molar-refractivity contribution in [3.05, 3.63) is 53.7 Å². The Bertz CT molecular complexity index is 996. The van der Waals surface area contributed by atoms with Crippen molar-refractivity contribution in [2.45, 2.75) is 38.3 Å². The summed E-state index contributed by atoms with van der Waals surface area (Å²) < 4.78 is 2.27. The van der Waals surface area contributed by atoms with Crippen LogP contribution in [0.25, 0.3) is 22.0 Å². The fourth-order valence-corrected chi connectivity index (χ4v) is 3.97. The number of hydrogen-bond donors (Lipinski definition) is 2. The summed E-state index contributed by atoms with van der Waals surface area (Å²) in [5.74, 6) is 0. The lowest BCUT2D eigenvalue weighted by Gasteiger charge is -2.13. The Hall–Kier alpha value is -2.77. The molecule has 2 unspecified atom stereocenters. The summed E-state index contributed by atoms with van der Waals surface area (Å²) in [5.41, 5.74) is 11.9. The van der Waals surface area contributed by atoms with Gasteiger partial charge < -0.3 is 15.4 Å². The summed E-state index contributed by atoms with van der Waals surface area (Å²) in [4.78, 5) is 0. The number of benzene rings is 2. The Morgan fingerprint density at radius 1 is 1.20 bits per heavy atom. The van der Waals surface area contributed by atoms with Crippen LogP contribution in [-0.4, -0.2) is 15.8 Å². The van der Waals surface area contributed by atoms with Crippen LogP contribution < -0.4 is 5.73 Å². The fourth-order valence-electron chi connectivity index (χ4n) is 3.97. The Morgan fingerprint density at radius 2 is 2.04 bits per heavy atom. The van der Waals surface area contributed by atoms with Crippen molar-refractivity contribution in [2.75, 3.05) is 5.73 Å². The Balaban J connectivity index is 1.97.